The van der Waals surface area contributed by atoms with Crippen LogP contribution in [0.25, 0.3) is 0 Å². The summed E-state index contributed by atoms with van der Waals surface area (Å²) in [5.41, 5.74) is 2.97. The Kier molecular flexibility index (Phi) is 3.87. The lowest BCUT2D eigenvalue weighted by atomic mass is 10.1. The molecule has 0 fully saturated rings. The van der Waals surface area contributed by atoms with E-state index in [2.05, 4.69) is 10.6 Å². The molecule has 1 aromatic carbocycles. The molecule has 1 aliphatic heterocycles. The molecule has 1 heterocycles. The first-order valence-electron chi connectivity index (χ1n) is 6.41. The summed E-state index contributed by atoms with van der Waals surface area (Å²) in [5, 5.41) is 15.7. The fourth-order valence-electron chi connectivity index (χ4n) is 1.98. The van der Waals surface area contributed by atoms with Crippen molar-refractivity contribution in [3.63, 3.8) is 0 Å². The molecule has 2 rings (SSSR count). The zero-order valence-corrected chi connectivity index (χ0v) is 10.9. The summed E-state index contributed by atoms with van der Waals surface area (Å²) in [7, 11) is 0. The van der Waals surface area contributed by atoms with E-state index in [1.807, 2.05) is 32.0 Å². The number of hydrogen-bond acceptors (Lipinski definition) is 3. The molecule has 18 heavy (non-hydrogen) atoms. The molecule has 98 valence electrons. The number of anilines is 1. The normalized spacial score (nSPS) is 15.1. The Balaban J connectivity index is 1.97. The van der Waals surface area contributed by atoms with Crippen molar-refractivity contribution in [3.8, 4) is 0 Å². The van der Waals surface area contributed by atoms with Crippen molar-refractivity contribution in [1.82, 2.24) is 5.32 Å². The molecular formula is C14H20N2O2. The van der Waals surface area contributed by atoms with E-state index in [0.717, 1.165) is 18.7 Å². The van der Waals surface area contributed by atoms with Gasteiger partial charge in [0, 0.05) is 24.3 Å². The highest BCUT2D eigenvalue weighted by Crippen LogP contribution is 2.22. The van der Waals surface area contributed by atoms with Crippen LogP contribution in [-0.2, 0) is 6.42 Å². The summed E-state index contributed by atoms with van der Waals surface area (Å²) in [5.74, 6) is 0.0268. The number of carbonyl (C=O) groups is 1. The van der Waals surface area contributed by atoms with E-state index in [-0.39, 0.29) is 11.8 Å². The van der Waals surface area contributed by atoms with E-state index in [1.165, 1.54) is 5.56 Å². The van der Waals surface area contributed by atoms with E-state index >= 15 is 0 Å². The SMILES string of the molecule is CC(C)C(O)CNC(=O)c1ccc2c(c1)CCN2. The Labute approximate surface area is 107 Å². The van der Waals surface area contributed by atoms with E-state index in [0.29, 0.717) is 12.1 Å². The molecular weight excluding hydrogens is 228 g/mol. The first-order valence-corrected chi connectivity index (χ1v) is 6.41. The molecule has 0 spiro atoms. The van der Waals surface area contributed by atoms with Gasteiger partial charge in [0.2, 0.25) is 0 Å². The highest BCUT2D eigenvalue weighted by Gasteiger charge is 2.15. The third kappa shape index (κ3) is 2.82. The number of hydrogen-bond donors (Lipinski definition) is 3. The largest absolute Gasteiger partial charge is 0.391 e. The standard InChI is InChI=1S/C14H20N2O2/c1-9(2)13(17)8-16-14(18)11-3-4-12-10(7-11)5-6-15-12/h3-4,7,9,13,15,17H,5-6,8H2,1-2H3,(H,16,18). The third-order valence-corrected chi connectivity index (χ3v) is 3.32. The summed E-state index contributed by atoms with van der Waals surface area (Å²) in [6.45, 7) is 5.09. The number of amides is 1. The quantitative estimate of drug-likeness (QED) is 0.755. The Morgan fingerprint density at radius 2 is 2.28 bits per heavy atom. The highest BCUT2D eigenvalue weighted by molar-refractivity contribution is 5.95. The minimum Gasteiger partial charge on any atom is -0.391 e. The van der Waals surface area contributed by atoms with Gasteiger partial charge in [-0.25, -0.2) is 0 Å². The molecule has 1 amide bonds. The molecule has 1 aliphatic rings. The minimum atomic E-state index is -0.495. The van der Waals surface area contributed by atoms with Gasteiger partial charge in [-0.15, -0.1) is 0 Å². The smallest absolute Gasteiger partial charge is 0.251 e. The van der Waals surface area contributed by atoms with Gasteiger partial charge in [0.15, 0.2) is 0 Å². The molecule has 1 atom stereocenters. The van der Waals surface area contributed by atoms with E-state index < -0.39 is 6.10 Å². The predicted molar refractivity (Wildman–Crippen MR) is 71.8 cm³/mol. The first-order chi connectivity index (χ1) is 8.58. The van der Waals surface area contributed by atoms with Crippen LogP contribution in [0, 0.1) is 5.92 Å². The lowest BCUT2D eigenvalue weighted by Gasteiger charge is -2.15. The molecule has 0 saturated heterocycles. The average molecular weight is 248 g/mol. The van der Waals surface area contributed by atoms with Crippen LogP contribution in [0.3, 0.4) is 0 Å². The number of aliphatic hydroxyl groups excluding tert-OH is 1. The van der Waals surface area contributed by atoms with Crippen molar-refractivity contribution in [2.75, 3.05) is 18.4 Å². The molecule has 4 nitrogen and oxygen atoms in total. The number of fused-ring (bicyclic) bond motifs is 1. The van der Waals surface area contributed by atoms with Crippen molar-refractivity contribution in [2.24, 2.45) is 5.92 Å². The summed E-state index contributed by atoms with van der Waals surface area (Å²) in [6.07, 6.45) is 0.468. The van der Waals surface area contributed by atoms with Crippen LogP contribution < -0.4 is 10.6 Å². The second-order valence-corrected chi connectivity index (χ2v) is 5.07. The van der Waals surface area contributed by atoms with Crippen LogP contribution in [0.2, 0.25) is 0 Å². The molecule has 0 saturated carbocycles. The van der Waals surface area contributed by atoms with E-state index in [9.17, 15) is 9.90 Å². The van der Waals surface area contributed by atoms with E-state index in [1.54, 1.807) is 0 Å². The fraction of sp³-hybridized carbons (Fsp3) is 0.500. The van der Waals surface area contributed by atoms with Gasteiger partial charge in [0.05, 0.1) is 6.10 Å². The summed E-state index contributed by atoms with van der Waals surface area (Å²) in [4.78, 5) is 11.9. The number of nitrogens with one attached hydrogen (secondary N) is 2. The van der Waals surface area contributed by atoms with Gasteiger partial charge in [0.25, 0.3) is 5.91 Å². The van der Waals surface area contributed by atoms with Gasteiger partial charge in [-0.05, 0) is 36.1 Å². The van der Waals surface area contributed by atoms with Crippen molar-refractivity contribution in [3.05, 3.63) is 29.3 Å². The number of aliphatic hydroxyl groups is 1. The minimum absolute atomic E-state index is 0.121. The number of rotatable bonds is 4. The van der Waals surface area contributed by atoms with Crippen molar-refractivity contribution < 1.29 is 9.90 Å². The monoisotopic (exact) mass is 248 g/mol. The summed E-state index contributed by atoms with van der Waals surface area (Å²) < 4.78 is 0. The van der Waals surface area contributed by atoms with E-state index in [4.69, 9.17) is 0 Å². The highest BCUT2D eigenvalue weighted by atomic mass is 16.3. The van der Waals surface area contributed by atoms with Crippen molar-refractivity contribution >= 4 is 11.6 Å². The zero-order valence-electron chi connectivity index (χ0n) is 10.9. The van der Waals surface area contributed by atoms with Gasteiger partial charge in [-0.2, -0.15) is 0 Å². The summed E-state index contributed by atoms with van der Waals surface area (Å²) in [6, 6.07) is 5.68. The Morgan fingerprint density at radius 3 is 3.00 bits per heavy atom. The molecule has 0 bridgehead atoms. The van der Waals surface area contributed by atoms with Crippen LogP contribution in [-0.4, -0.2) is 30.2 Å². The molecule has 0 aromatic heterocycles. The molecule has 4 heteroatoms. The topological polar surface area (TPSA) is 61.4 Å². The second kappa shape index (κ2) is 5.40. The Morgan fingerprint density at radius 1 is 1.50 bits per heavy atom. The fourth-order valence-corrected chi connectivity index (χ4v) is 1.98. The van der Waals surface area contributed by atoms with Gasteiger partial charge < -0.3 is 15.7 Å². The molecule has 3 N–H and O–H groups in total. The predicted octanol–water partition coefficient (Wildman–Crippen LogP) is 1.40. The average Bonchev–Trinajstić information content (AvgIpc) is 2.82. The van der Waals surface area contributed by atoms with Gasteiger partial charge >= 0.3 is 0 Å². The second-order valence-electron chi connectivity index (χ2n) is 5.07. The lowest BCUT2D eigenvalue weighted by molar-refractivity contribution is 0.0871. The van der Waals surface area contributed by atoms with Crippen molar-refractivity contribution in [2.45, 2.75) is 26.4 Å². The third-order valence-electron chi connectivity index (χ3n) is 3.32. The lowest BCUT2D eigenvalue weighted by Crippen LogP contribution is -2.34. The van der Waals surface area contributed by atoms with Crippen LogP contribution in [0.5, 0.6) is 0 Å². The maximum atomic E-state index is 11.9. The molecule has 0 radical (unpaired) electrons. The Bertz CT molecular complexity index is 443. The first kappa shape index (κ1) is 12.9. The van der Waals surface area contributed by atoms with Crippen LogP contribution in [0.1, 0.15) is 29.8 Å². The van der Waals surface area contributed by atoms with Crippen LogP contribution in [0.4, 0.5) is 5.69 Å². The van der Waals surface area contributed by atoms with Gasteiger partial charge in [-0.1, -0.05) is 13.8 Å². The number of carbonyl (C=O) groups excluding carboxylic acids is 1. The van der Waals surface area contributed by atoms with Gasteiger partial charge in [-0.3, -0.25) is 4.79 Å². The van der Waals surface area contributed by atoms with Crippen molar-refractivity contribution in [1.29, 1.82) is 0 Å². The van der Waals surface area contributed by atoms with Crippen LogP contribution in [0.15, 0.2) is 18.2 Å². The molecule has 0 aliphatic carbocycles. The van der Waals surface area contributed by atoms with Gasteiger partial charge in [0.1, 0.15) is 0 Å². The molecule has 1 aromatic rings. The molecule has 1 unspecified atom stereocenters. The Hall–Kier alpha value is -1.55. The maximum Gasteiger partial charge on any atom is 0.251 e. The maximum absolute atomic E-state index is 11.9. The summed E-state index contributed by atoms with van der Waals surface area (Å²) >= 11 is 0. The zero-order chi connectivity index (χ0) is 13.1. The number of benzene rings is 1. The van der Waals surface area contributed by atoms with Crippen LogP contribution >= 0.6 is 0 Å².